The zero-order valence-electron chi connectivity index (χ0n) is 13.7. The van der Waals surface area contributed by atoms with Gasteiger partial charge in [-0.2, -0.15) is 0 Å². The molecule has 0 spiro atoms. The summed E-state index contributed by atoms with van der Waals surface area (Å²) in [6, 6.07) is 11.5. The highest BCUT2D eigenvalue weighted by Crippen LogP contribution is 2.20. The molecule has 0 saturated heterocycles. The third kappa shape index (κ3) is 3.78. The number of hydrogen-bond acceptors (Lipinski definition) is 6. The first-order valence-electron chi connectivity index (χ1n) is 7.61. The van der Waals surface area contributed by atoms with Gasteiger partial charge in [-0.05, 0) is 47.2 Å². The second kappa shape index (κ2) is 7.34. The highest BCUT2D eigenvalue weighted by atomic mass is 16.6. The number of anilines is 1. The van der Waals surface area contributed by atoms with Crippen molar-refractivity contribution in [2.75, 3.05) is 5.32 Å². The summed E-state index contributed by atoms with van der Waals surface area (Å²) in [6.07, 6.45) is 4.12. The maximum Gasteiger partial charge on any atom is 0.276 e. The number of amides is 1. The Kier molecular flexibility index (Phi) is 4.79. The van der Waals surface area contributed by atoms with Crippen LogP contribution >= 0.6 is 0 Å². The van der Waals surface area contributed by atoms with Gasteiger partial charge in [-0.25, -0.2) is 4.68 Å². The Morgan fingerprint density at radius 2 is 2.08 bits per heavy atom. The average molecular weight is 350 g/mol. The SMILES string of the molecule is Cc1ccc(NC(=O)/C=C/c2ccccc2[N+](=O)[O-])cc1-n1cnnn1. The molecular formula is C17H14N6O3. The third-order valence-electron chi connectivity index (χ3n) is 3.62. The van der Waals surface area contributed by atoms with E-state index in [2.05, 4.69) is 20.8 Å². The highest BCUT2D eigenvalue weighted by Gasteiger charge is 2.10. The molecule has 0 aliphatic carbocycles. The van der Waals surface area contributed by atoms with Crippen LogP contribution in [0.5, 0.6) is 0 Å². The molecule has 0 bridgehead atoms. The summed E-state index contributed by atoms with van der Waals surface area (Å²) >= 11 is 0. The second-order valence-electron chi connectivity index (χ2n) is 5.39. The molecule has 0 unspecified atom stereocenters. The molecule has 0 aliphatic heterocycles. The quantitative estimate of drug-likeness (QED) is 0.429. The van der Waals surface area contributed by atoms with Crippen LogP contribution in [0.15, 0.2) is 54.9 Å². The molecule has 9 heteroatoms. The van der Waals surface area contributed by atoms with Gasteiger partial charge in [0.1, 0.15) is 6.33 Å². The first kappa shape index (κ1) is 17.0. The van der Waals surface area contributed by atoms with Crippen molar-refractivity contribution in [3.05, 3.63) is 76.1 Å². The maximum absolute atomic E-state index is 12.1. The topological polar surface area (TPSA) is 116 Å². The van der Waals surface area contributed by atoms with E-state index >= 15 is 0 Å². The van der Waals surface area contributed by atoms with Crippen LogP contribution in [0.1, 0.15) is 11.1 Å². The number of nitro groups is 1. The fraction of sp³-hybridized carbons (Fsp3) is 0.0588. The van der Waals surface area contributed by atoms with Crippen LogP contribution in [-0.4, -0.2) is 31.0 Å². The van der Waals surface area contributed by atoms with Gasteiger partial charge >= 0.3 is 0 Å². The number of para-hydroxylation sites is 1. The Labute approximate surface area is 148 Å². The average Bonchev–Trinajstić information content (AvgIpc) is 3.16. The van der Waals surface area contributed by atoms with Crippen LogP contribution in [-0.2, 0) is 4.79 Å². The number of nitro benzene ring substituents is 1. The minimum Gasteiger partial charge on any atom is -0.322 e. The number of nitrogens with one attached hydrogen (secondary N) is 1. The van der Waals surface area contributed by atoms with Crippen LogP contribution in [0.3, 0.4) is 0 Å². The summed E-state index contributed by atoms with van der Waals surface area (Å²) in [7, 11) is 0. The van der Waals surface area contributed by atoms with Crippen LogP contribution in [0.4, 0.5) is 11.4 Å². The molecule has 1 N–H and O–H groups in total. The van der Waals surface area contributed by atoms with Gasteiger partial charge in [0.2, 0.25) is 5.91 Å². The minimum atomic E-state index is -0.490. The van der Waals surface area contributed by atoms with Gasteiger partial charge in [-0.1, -0.05) is 18.2 Å². The molecule has 1 amide bonds. The first-order chi connectivity index (χ1) is 12.5. The lowest BCUT2D eigenvalue weighted by Crippen LogP contribution is -2.09. The lowest BCUT2D eigenvalue weighted by molar-refractivity contribution is -0.385. The van der Waals surface area contributed by atoms with E-state index < -0.39 is 10.8 Å². The van der Waals surface area contributed by atoms with Gasteiger partial charge in [0, 0.05) is 17.8 Å². The summed E-state index contributed by atoms with van der Waals surface area (Å²) in [4.78, 5) is 22.6. The molecule has 0 aliphatic rings. The number of tetrazole rings is 1. The van der Waals surface area contributed by atoms with Crippen molar-refractivity contribution >= 4 is 23.4 Å². The van der Waals surface area contributed by atoms with Gasteiger partial charge in [0.05, 0.1) is 16.2 Å². The lowest BCUT2D eigenvalue weighted by Gasteiger charge is -2.08. The molecule has 0 saturated carbocycles. The number of rotatable bonds is 5. The summed E-state index contributed by atoms with van der Waals surface area (Å²) in [5.41, 5.74) is 2.51. The molecule has 0 radical (unpaired) electrons. The fourth-order valence-electron chi connectivity index (χ4n) is 2.35. The Bertz CT molecular complexity index is 982. The van der Waals surface area contributed by atoms with E-state index in [1.54, 1.807) is 30.3 Å². The standard InChI is InChI=1S/C17H14N6O3/c1-12-6-8-14(10-16(12)22-11-18-20-21-22)19-17(24)9-7-13-4-2-3-5-15(13)23(25)26/h2-11H,1H3,(H,19,24)/b9-7+. The molecule has 3 aromatic rings. The number of carbonyl (C=O) groups excluding carboxylic acids is 1. The molecule has 2 aromatic carbocycles. The van der Waals surface area contributed by atoms with Crippen molar-refractivity contribution in [2.24, 2.45) is 0 Å². The smallest absolute Gasteiger partial charge is 0.276 e. The lowest BCUT2D eigenvalue weighted by atomic mass is 10.1. The van der Waals surface area contributed by atoms with E-state index in [4.69, 9.17) is 0 Å². The third-order valence-corrected chi connectivity index (χ3v) is 3.62. The van der Waals surface area contributed by atoms with Crippen molar-refractivity contribution < 1.29 is 9.72 Å². The number of carbonyl (C=O) groups is 1. The number of aryl methyl sites for hydroxylation is 1. The minimum absolute atomic E-state index is 0.0622. The molecule has 0 atom stereocenters. The zero-order chi connectivity index (χ0) is 18.5. The van der Waals surface area contributed by atoms with Crippen LogP contribution in [0, 0.1) is 17.0 Å². The summed E-state index contributed by atoms with van der Waals surface area (Å²) in [5.74, 6) is -0.408. The zero-order valence-corrected chi connectivity index (χ0v) is 13.7. The van der Waals surface area contributed by atoms with E-state index in [1.807, 2.05) is 13.0 Å². The highest BCUT2D eigenvalue weighted by molar-refractivity contribution is 6.02. The normalized spacial score (nSPS) is 10.8. The molecule has 3 rings (SSSR count). The molecular weight excluding hydrogens is 336 g/mol. The van der Waals surface area contributed by atoms with E-state index in [9.17, 15) is 14.9 Å². The molecule has 9 nitrogen and oxygen atoms in total. The summed E-state index contributed by atoms with van der Waals surface area (Å²) in [5, 5.41) is 24.7. The summed E-state index contributed by atoms with van der Waals surface area (Å²) < 4.78 is 1.49. The van der Waals surface area contributed by atoms with Gasteiger partial charge in [0.15, 0.2) is 0 Å². The second-order valence-corrected chi connectivity index (χ2v) is 5.39. The first-order valence-corrected chi connectivity index (χ1v) is 7.61. The Morgan fingerprint density at radius 3 is 2.81 bits per heavy atom. The van der Waals surface area contributed by atoms with Crippen LogP contribution in [0.25, 0.3) is 11.8 Å². The van der Waals surface area contributed by atoms with Gasteiger partial charge < -0.3 is 5.32 Å². The summed E-state index contributed by atoms with van der Waals surface area (Å²) in [6.45, 7) is 1.90. The molecule has 1 aromatic heterocycles. The molecule has 26 heavy (non-hydrogen) atoms. The van der Waals surface area contributed by atoms with Crippen LogP contribution in [0.2, 0.25) is 0 Å². The maximum atomic E-state index is 12.1. The number of hydrogen-bond donors (Lipinski definition) is 1. The van der Waals surface area contributed by atoms with E-state index in [0.717, 1.165) is 11.3 Å². The van der Waals surface area contributed by atoms with E-state index in [0.29, 0.717) is 11.3 Å². The monoisotopic (exact) mass is 350 g/mol. The number of nitrogens with zero attached hydrogens (tertiary/aromatic N) is 5. The molecule has 0 fully saturated rings. The van der Waals surface area contributed by atoms with Crippen LogP contribution < -0.4 is 5.32 Å². The largest absolute Gasteiger partial charge is 0.322 e. The molecule has 1 heterocycles. The predicted molar refractivity (Wildman–Crippen MR) is 94.7 cm³/mol. The fourth-order valence-corrected chi connectivity index (χ4v) is 2.35. The van der Waals surface area contributed by atoms with E-state index in [-0.39, 0.29) is 5.69 Å². The Morgan fingerprint density at radius 1 is 1.27 bits per heavy atom. The number of benzene rings is 2. The Hall–Kier alpha value is -3.88. The van der Waals surface area contributed by atoms with Gasteiger partial charge in [-0.15, -0.1) is 5.10 Å². The predicted octanol–water partition coefficient (Wildman–Crippen LogP) is 2.53. The van der Waals surface area contributed by atoms with Crippen molar-refractivity contribution in [3.63, 3.8) is 0 Å². The Balaban J connectivity index is 1.77. The van der Waals surface area contributed by atoms with Gasteiger partial charge in [-0.3, -0.25) is 14.9 Å². The van der Waals surface area contributed by atoms with E-state index in [1.165, 1.54) is 29.2 Å². The number of aromatic nitrogens is 4. The van der Waals surface area contributed by atoms with Crippen molar-refractivity contribution in [2.45, 2.75) is 6.92 Å². The van der Waals surface area contributed by atoms with Crippen molar-refractivity contribution in [1.82, 2.24) is 20.2 Å². The molecule has 130 valence electrons. The van der Waals surface area contributed by atoms with Gasteiger partial charge in [0.25, 0.3) is 5.69 Å². The van der Waals surface area contributed by atoms with Crippen molar-refractivity contribution in [1.29, 1.82) is 0 Å². The van der Waals surface area contributed by atoms with Crippen molar-refractivity contribution in [3.8, 4) is 5.69 Å².